The van der Waals surface area contributed by atoms with Crippen molar-refractivity contribution in [3.8, 4) is 5.75 Å². The van der Waals surface area contributed by atoms with E-state index in [0.717, 1.165) is 30.8 Å². The van der Waals surface area contributed by atoms with Gasteiger partial charge in [0, 0.05) is 24.7 Å². The van der Waals surface area contributed by atoms with Crippen molar-refractivity contribution in [1.82, 2.24) is 0 Å². The van der Waals surface area contributed by atoms with Crippen LogP contribution in [0.5, 0.6) is 5.75 Å². The molecule has 88 valence electrons. The van der Waals surface area contributed by atoms with Gasteiger partial charge in [0.2, 0.25) is 0 Å². The van der Waals surface area contributed by atoms with Crippen molar-refractivity contribution >= 4 is 11.4 Å². The van der Waals surface area contributed by atoms with Crippen molar-refractivity contribution < 1.29 is 9.13 Å². The van der Waals surface area contributed by atoms with Crippen LogP contribution < -0.4 is 15.4 Å². The molecule has 1 aromatic carbocycles. The summed E-state index contributed by atoms with van der Waals surface area (Å²) in [5.41, 5.74) is 1.73. The largest absolute Gasteiger partial charge is 0.494 e. The Kier molecular flexibility index (Phi) is 3.17. The van der Waals surface area contributed by atoms with Gasteiger partial charge in [-0.1, -0.05) is 13.3 Å². The van der Waals surface area contributed by atoms with Gasteiger partial charge >= 0.3 is 0 Å². The van der Waals surface area contributed by atoms with E-state index in [-0.39, 0.29) is 11.6 Å². The number of fused-ring (bicyclic) bond motifs is 1. The molecule has 1 aliphatic rings. The second-order valence-corrected chi connectivity index (χ2v) is 4.04. The Balaban J connectivity index is 2.23. The van der Waals surface area contributed by atoms with Gasteiger partial charge < -0.3 is 15.4 Å². The predicted octanol–water partition coefficient (Wildman–Crippen LogP) is 2.84. The summed E-state index contributed by atoms with van der Waals surface area (Å²) in [5, 5.41) is 6.62. The number of hydrogen-bond acceptors (Lipinski definition) is 3. The molecule has 0 saturated heterocycles. The van der Waals surface area contributed by atoms with Crippen LogP contribution in [0, 0.1) is 5.82 Å². The van der Waals surface area contributed by atoms with Crippen molar-refractivity contribution in [2.75, 3.05) is 24.3 Å². The van der Waals surface area contributed by atoms with Gasteiger partial charge in [-0.3, -0.25) is 0 Å². The molecule has 1 aromatic rings. The fourth-order valence-electron chi connectivity index (χ4n) is 2.00. The van der Waals surface area contributed by atoms with E-state index >= 15 is 0 Å². The number of ether oxygens (including phenoxy) is 1. The van der Waals surface area contributed by atoms with Crippen molar-refractivity contribution in [3.05, 3.63) is 17.9 Å². The Hall–Kier alpha value is -1.45. The summed E-state index contributed by atoms with van der Waals surface area (Å²) >= 11 is 0. The maximum Gasteiger partial charge on any atom is 0.167 e. The Labute approximate surface area is 95.0 Å². The van der Waals surface area contributed by atoms with Gasteiger partial charge in [0.05, 0.1) is 18.5 Å². The zero-order chi connectivity index (χ0) is 11.5. The van der Waals surface area contributed by atoms with Crippen LogP contribution in [-0.2, 0) is 0 Å². The number of anilines is 2. The summed E-state index contributed by atoms with van der Waals surface area (Å²) in [5.74, 6) is -0.0466. The van der Waals surface area contributed by atoms with Crippen molar-refractivity contribution in [2.45, 2.75) is 25.8 Å². The van der Waals surface area contributed by atoms with Crippen LogP contribution in [0.3, 0.4) is 0 Å². The molecule has 0 aliphatic carbocycles. The lowest BCUT2D eigenvalue weighted by molar-refractivity contribution is 0.386. The Morgan fingerprint density at radius 1 is 1.44 bits per heavy atom. The van der Waals surface area contributed by atoms with E-state index in [9.17, 15) is 4.39 Å². The molecule has 16 heavy (non-hydrogen) atoms. The molecule has 1 unspecified atom stereocenters. The van der Waals surface area contributed by atoms with Crippen LogP contribution in [0.25, 0.3) is 0 Å². The molecule has 0 fully saturated rings. The molecule has 2 rings (SSSR count). The lowest BCUT2D eigenvalue weighted by Gasteiger charge is -2.28. The first-order valence-corrected chi connectivity index (χ1v) is 5.62. The number of halogens is 1. The molecule has 0 aromatic heterocycles. The normalized spacial score (nSPS) is 18.3. The molecular formula is C12H17FN2O. The van der Waals surface area contributed by atoms with Crippen LogP contribution in [0.2, 0.25) is 0 Å². The molecule has 0 spiro atoms. The molecular weight excluding hydrogens is 207 g/mol. The second-order valence-electron chi connectivity index (χ2n) is 4.04. The van der Waals surface area contributed by atoms with Gasteiger partial charge in [0.1, 0.15) is 0 Å². The standard InChI is InChI=1S/C12H17FN2O/c1-3-4-8-7-14-10-5-9(13)12(16-2)6-11(10)15-8/h5-6,8,14-15H,3-4,7H2,1-2H3. The Morgan fingerprint density at radius 3 is 2.94 bits per heavy atom. The van der Waals surface area contributed by atoms with Gasteiger partial charge in [0.25, 0.3) is 0 Å². The van der Waals surface area contributed by atoms with E-state index in [1.54, 1.807) is 6.07 Å². The van der Waals surface area contributed by atoms with E-state index in [1.165, 1.54) is 13.2 Å². The third-order valence-electron chi connectivity index (χ3n) is 2.83. The third-order valence-corrected chi connectivity index (χ3v) is 2.83. The molecule has 0 saturated carbocycles. The molecule has 4 heteroatoms. The second kappa shape index (κ2) is 4.60. The number of methoxy groups -OCH3 is 1. The molecule has 1 atom stereocenters. The average molecular weight is 224 g/mol. The first-order chi connectivity index (χ1) is 7.74. The topological polar surface area (TPSA) is 33.3 Å². The molecule has 1 heterocycles. The van der Waals surface area contributed by atoms with Crippen LogP contribution in [-0.4, -0.2) is 19.7 Å². The third kappa shape index (κ3) is 2.05. The lowest BCUT2D eigenvalue weighted by Crippen LogP contribution is -2.32. The summed E-state index contributed by atoms with van der Waals surface area (Å²) < 4.78 is 18.4. The molecule has 1 aliphatic heterocycles. The highest BCUT2D eigenvalue weighted by Crippen LogP contribution is 2.33. The minimum atomic E-state index is -0.329. The summed E-state index contributed by atoms with van der Waals surface area (Å²) in [6, 6.07) is 3.59. The number of rotatable bonds is 3. The van der Waals surface area contributed by atoms with E-state index in [2.05, 4.69) is 17.6 Å². The van der Waals surface area contributed by atoms with Crippen molar-refractivity contribution in [2.24, 2.45) is 0 Å². The summed E-state index contributed by atoms with van der Waals surface area (Å²) in [6.45, 7) is 3.00. The van der Waals surface area contributed by atoms with E-state index in [1.807, 2.05) is 0 Å². The SMILES string of the molecule is CCCC1CNc2cc(F)c(OC)cc2N1. The van der Waals surface area contributed by atoms with Crippen molar-refractivity contribution in [3.63, 3.8) is 0 Å². The maximum absolute atomic E-state index is 13.4. The zero-order valence-electron chi connectivity index (χ0n) is 9.64. The molecule has 0 amide bonds. The number of nitrogens with one attached hydrogen (secondary N) is 2. The summed E-state index contributed by atoms with van der Waals surface area (Å²) in [6.07, 6.45) is 2.24. The first-order valence-electron chi connectivity index (χ1n) is 5.62. The minimum absolute atomic E-state index is 0.283. The fraction of sp³-hybridized carbons (Fsp3) is 0.500. The van der Waals surface area contributed by atoms with E-state index in [4.69, 9.17) is 4.74 Å². The van der Waals surface area contributed by atoms with Gasteiger partial charge in [-0.05, 0) is 6.42 Å². The predicted molar refractivity (Wildman–Crippen MR) is 63.8 cm³/mol. The van der Waals surface area contributed by atoms with Gasteiger partial charge in [0.15, 0.2) is 11.6 Å². The monoisotopic (exact) mass is 224 g/mol. The van der Waals surface area contributed by atoms with Crippen LogP contribution in [0.1, 0.15) is 19.8 Å². The quantitative estimate of drug-likeness (QED) is 0.828. The first kappa shape index (κ1) is 11.0. The van der Waals surface area contributed by atoms with Crippen LogP contribution in [0.15, 0.2) is 12.1 Å². The minimum Gasteiger partial charge on any atom is -0.494 e. The highest BCUT2D eigenvalue weighted by atomic mass is 19.1. The highest BCUT2D eigenvalue weighted by Gasteiger charge is 2.18. The van der Waals surface area contributed by atoms with E-state index < -0.39 is 0 Å². The Morgan fingerprint density at radius 2 is 2.25 bits per heavy atom. The summed E-state index contributed by atoms with van der Waals surface area (Å²) in [7, 11) is 1.48. The maximum atomic E-state index is 13.4. The number of benzene rings is 1. The fourth-order valence-corrected chi connectivity index (χ4v) is 2.00. The molecule has 3 nitrogen and oxygen atoms in total. The van der Waals surface area contributed by atoms with Gasteiger partial charge in [-0.2, -0.15) is 0 Å². The lowest BCUT2D eigenvalue weighted by atomic mass is 10.1. The van der Waals surface area contributed by atoms with Crippen LogP contribution in [0.4, 0.5) is 15.8 Å². The summed E-state index contributed by atoms with van der Waals surface area (Å²) in [4.78, 5) is 0. The van der Waals surface area contributed by atoms with Gasteiger partial charge in [-0.15, -0.1) is 0 Å². The average Bonchev–Trinajstić information content (AvgIpc) is 2.29. The number of hydrogen-bond donors (Lipinski definition) is 2. The van der Waals surface area contributed by atoms with Crippen LogP contribution >= 0.6 is 0 Å². The molecule has 0 radical (unpaired) electrons. The van der Waals surface area contributed by atoms with E-state index in [0.29, 0.717) is 6.04 Å². The molecule has 2 N–H and O–H groups in total. The Bertz CT molecular complexity index is 382. The highest BCUT2D eigenvalue weighted by molar-refractivity contribution is 5.73. The smallest absolute Gasteiger partial charge is 0.167 e. The molecule has 0 bridgehead atoms. The van der Waals surface area contributed by atoms with Gasteiger partial charge in [-0.25, -0.2) is 4.39 Å². The zero-order valence-corrected chi connectivity index (χ0v) is 9.64. The van der Waals surface area contributed by atoms with Crippen molar-refractivity contribution in [1.29, 1.82) is 0 Å².